The van der Waals surface area contributed by atoms with Gasteiger partial charge < -0.3 is 4.98 Å². The third kappa shape index (κ3) is 3.68. The minimum atomic E-state index is -4.49. The fourth-order valence-electron chi connectivity index (χ4n) is 1.91. The summed E-state index contributed by atoms with van der Waals surface area (Å²) in [5.74, 6) is 0. The summed E-state index contributed by atoms with van der Waals surface area (Å²) in [4.78, 5) is 11.0. The van der Waals surface area contributed by atoms with Crippen molar-refractivity contribution >= 4 is 35.0 Å². The summed E-state index contributed by atoms with van der Waals surface area (Å²) in [6.45, 7) is 0. The second kappa shape index (κ2) is 6.66. The van der Waals surface area contributed by atoms with Crippen LogP contribution in [0, 0.1) is 0 Å². The molecule has 0 fully saturated rings. The molecule has 2 heterocycles. The van der Waals surface area contributed by atoms with Crippen molar-refractivity contribution in [3.05, 3.63) is 58.3 Å². The number of rotatable bonds is 3. The van der Waals surface area contributed by atoms with E-state index in [0.717, 1.165) is 29.6 Å². The molecule has 0 spiro atoms. The van der Waals surface area contributed by atoms with Gasteiger partial charge in [-0.15, -0.1) is 0 Å². The first-order valence-electron chi connectivity index (χ1n) is 6.56. The molecule has 0 aliphatic rings. The Hall–Kier alpha value is -1.70. The van der Waals surface area contributed by atoms with Crippen LogP contribution in [0.25, 0.3) is 11.3 Å². The second-order valence-electron chi connectivity index (χ2n) is 4.68. The van der Waals surface area contributed by atoms with Gasteiger partial charge in [0.2, 0.25) is 0 Å². The van der Waals surface area contributed by atoms with Crippen molar-refractivity contribution < 1.29 is 13.2 Å². The minimum Gasteiger partial charge on any atom is -0.323 e. The summed E-state index contributed by atoms with van der Waals surface area (Å²) < 4.78 is 37.9. The van der Waals surface area contributed by atoms with Crippen molar-refractivity contribution in [2.75, 3.05) is 0 Å². The lowest BCUT2D eigenvalue weighted by Crippen LogP contribution is -2.05. The average molecular weight is 390 g/mol. The Bertz CT molecular complexity index is 866. The van der Waals surface area contributed by atoms with Gasteiger partial charge in [0.25, 0.3) is 0 Å². The molecular formula is C15H8Cl2F3N3S. The fourth-order valence-corrected chi connectivity index (χ4v) is 3.23. The van der Waals surface area contributed by atoms with Gasteiger partial charge in [0.1, 0.15) is 15.9 Å². The van der Waals surface area contributed by atoms with Gasteiger partial charge in [0.05, 0.1) is 10.6 Å². The van der Waals surface area contributed by atoms with E-state index in [2.05, 4.69) is 15.0 Å². The van der Waals surface area contributed by atoms with Gasteiger partial charge in [0.15, 0.2) is 5.16 Å². The van der Waals surface area contributed by atoms with E-state index in [1.54, 1.807) is 0 Å². The lowest BCUT2D eigenvalue weighted by Gasteiger charge is -2.07. The average Bonchev–Trinajstić information content (AvgIpc) is 2.90. The van der Waals surface area contributed by atoms with Crippen LogP contribution in [0.2, 0.25) is 10.2 Å². The van der Waals surface area contributed by atoms with Gasteiger partial charge in [-0.25, -0.2) is 9.97 Å². The van der Waals surface area contributed by atoms with E-state index < -0.39 is 11.7 Å². The van der Waals surface area contributed by atoms with Gasteiger partial charge in [-0.3, -0.25) is 0 Å². The third-order valence-electron chi connectivity index (χ3n) is 3.01. The Morgan fingerprint density at radius 3 is 2.42 bits per heavy atom. The van der Waals surface area contributed by atoms with E-state index in [-0.39, 0.29) is 10.0 Å². The zero-order valence-electron chi connectivity index (χ0n) is 11.7. The molecule has 0 amide bonds. The number of aromatic nitrogens is 3. The lowest BCUT2D eigenvalue weighted by atomic mass is 10.2. The Kier molecular flexibility index (Phi) is 4.76. The first-order valence-corrected chi connectivity index (χ1v) is 8.13. The van der Waals surface area contributed by atoms with Crippen LogP contribution in [0.15, 0.2) is 52.8 Å². The first-order chi connectivity index (χ1) is 11.3. The number of hydrogen-bond donors (Lipinski definition) is 1. The monoisotopic (exact) mass is 389 g/mol. The summed E-state index contributed by atoms with van der Waals surface area (Å²) in [5, 5.41) is 0.804. The maximum absolute atomic E-state index is 12.6. The molecule has 1 N–H and O–H groups in total. The van der Waals surface area contributed by atoms with Crippen molar-refractivity contribution in [1.29, 1.82) is 0 Å². The van der Waals surface area contributed by atoms with Crippen LogP contribution in [0.4, 0.5) is 13.2 Å². The molecule has 0 saturated carbocycles. The number of imidazole rings is 1. The van der Waals surface area contributed by atoms with Gasteiger partial charge in [-0.05, 0) is 17.8 Å². The zero-order chi connectivity index (χ0) is 17.3. The number of benzene rings is 1. The predicted molar refractivity (Wildman–Crippen MR) is 87.4 cm³/mol. The molecule has 124 valence electrons. The predicted octanol–water partition coefficient (Wildman–Crippen LogP) is 5.95. The van der Waals surface area contributed by atoms with Gasteiger partial charge in [-0.2, -0.15) is 13.2 Å². The molecule has 3 nitrogen and oxygen atoms in total. The van der Waals surface area contributed by atoms with Gasteiger partial charge in [-0.1, -0.05) is 53.5 Å². The highest BCUT2D eigenvalue weighted by atomic mass is 35.5. The summed E-state index contributed by atoms with van der Waals surface area (Å²) in [6, 6.07) is 10.1. The molecule has 1 aromatic carbocycles. The molecule has 2 aromatic heterocycles. The van der Waals surface area contributed by atoms with E-state index in [1.165, 1.54) is 0 Å². The number of hydrogen-bond acceptors (Lipinski definition) is 3. The van der Waals surface area contributed by atoms with Crippen LogP contribution in [0.1, 0.15) is 5.56 Å². The lowest BCUT2D eigenvalue weighted by molar-refractivity contribution is -0.137. The van der Waals surface area contributed by atoms with Gasteiger partial charge in [0, 0.05) is 11.8 Å². The maximum Gasteiger partial charge on any atom is 0.417 e. The van der Waals surface area contributed by atoms with Crippen molar-refractivity contribution in [2.45, 2.75) is 16.4 Å². The standard InChI is InChI=1S/C15H8Cl2F3N3S/c16-10-6-9(15(18,19)20)7-21-13(10)24-14-22-11(12(17)23-14)8-4-2-1-3-5-8/h1-7H,(H,22,23). The third-order valence-corrected chi connectivity index (χ3v) is 4.59. The molecule has 0 aliphatic carbocycles. The number of alkyl halides is 3. The van der Waals surface area contributed by atoms with Crippen LogP contribution in [0.3, 0.4) is 0 Å². The van der Waals surface area contributed by atoms with E-state index >= 15 is 0 Å². The highest BCUT2D eigenvalue weighted by molar-refractivity contribution is 7.99. The fraction of sp³-hybridized carbons (Fsp3) is 0.0667. The number of nitrogens with one attached hydrogen (secondary N) is 1. The van der Waals surface area contributed by atoms with Crippen LogP contribution in [-0.2, 0) is 6.18 Å². The molecule has 24 heavy (non-hydrogen) atoms. The summed E-state index contributed by atoms with van der Waals surface area (Å²) in [6.07, 6.45) is -3.76. The molecule has 0 unspecified atom stereocenters. The molecule has 0 bridgehead atoms. The second-order valence-corrected chi connectivity index (χ2v) is 6.44. The van der Waals surface area contributed by atoms with E-state index in [9.17, 15) is 13.2 Å². The number of halogens is 5. The zero-order valence-corrected chi connectivity index (χ0v) is 14.1. The summed E-state index contributed by atoms with van der Waals surface area (Å²) in [7, 11) is 0. The van der Waals surface area contributed by atoms with E-state index in [4.69, 9.17) is 23.2 Å². The molecule has 0 radical (unpaired) electrons. The van der Waals surface area contributed by atoms with Crippen molar-refractivity contribution in [1.82, 2.24) is 15.0 Å². The normalized spacial score (nSPS) is 11.7. The van der Waals surface area contributed by atoms with Crippen LogP contribution in [-0.4, -0.2) is 15.0 Å². The molecule has 9 heteroatoms. The topological polar surface area (TPSA) is 41.6 Å². The summed E-state index contributed by atoms with van der Waals surface area (Å²) in [5.41, 5.74) is 0.458. The smallest absolute Gasteiger partial charge is 0.323 e. The number of H-pyrrole nitrogens is 1. The quantitative estimate of drug-likeness (QED) is 0.601. The van der Waals surface area contributed by atoms with E-state index in [0.29, 0.717) is 16.0 Å². The molecular weight excluding hydrogens is 382 g/mol. The number of aromatic amines is 1. The minimum absolute atomic E-state index is 0.108. The number of pyridine rings is 1. The van der Waals surface area contributed by atoms with Crippen molar-refractivity contribution in [2.24, 2.45) is 0 Å². The Balaban J connectivity index is 1.87. The molecule has 3 rings (SSSR count). The first kappa shape index (κ1) is 17.1. The highest BCUT2D eigenvalue weighted by Crippen LogP contribution is 2.37. The van der Waals surface area contributed by atoms with Crippen LogP contribution >= 0.6 is 35.0 Å². The SMILES string of the molecule is FC(F)(F)c1cnc(Sc2nc(-c3ccccc3)c(Cl)[nH]2)c(Cl)c1. The van der Waals surface area contributed by atoms with Crippen LogP contribution < -0.4 is 0 Å². The van der Waals surface area contributed by atoms with Crippen molar-refractivity contribution in [3.63, 3.8) is 0 Å². The number of nitrogens with zero attached hydrogens (tertiary/aromatic N) is 2. The van der Waals surface area contributed by atoms with Gasteiger partial charge >= 0.3 is 6.18 Å². The largest absolute Gasteiger partial charge is 0.417 e. The summed E-state index contributed by atoms with van der Waals surface area (Å²) >= 11 is 13.0. The maximum atomic E-state index is 12.6. The Morgan fingerprint density at radius 2 is 1.79 bits per heavy atom. The van der Waals surface area contributed by atoms with E-state index in [1.807, 2.05) is 30.3 Å². The van der Waals surface area contributed by atoms with Crippen LogP contribution in [0.5, 0.6) is 0 Å². The van der Waals surface area contributed by atoms with Crippen molar-refractivity contribution in [3.8, 4) is 11.3 Å². The Morgan fingerprint density at radius 1 is 1.08 bits per heavy atom. The Labute approximate surface area is 149 Å². The molecule has 0 atom stereocenters. The molecule has 3 aromatic rings. The molecule has 0 aliphatic heterocycles. The highest BCUT2D eigenvalue weighted by Gasteiger charge is 2.31. The molecule has 0 saturated heterocycles.